The number of ether oxygens (including phenoxy) is 1. The van der Waals surface area contributed by atoms with Crippen molar-refractivity contribution in [2.45, 2.75) is 19.9 Å². The molecule has 0 aliphatic rings. The van der Waals surface area contributed by atoms with E-state index in [4.69, 9.17) is 0 Å². The van der Waals surface area contributed by atoms with Crippen LogP contribution in [0.4, 0.5) is 10.6 Å². The Labute approximate surface area is 113 Å². The lowest BCUT2D eigenvalue weighted by Crippen LogP contribution is -2.41. The third kappa shape index (κ3) is 2.68. The zero-order valence-corrected chi connectivity index (χ0v) is 11.6. The van der Waals surface area contributed by atoms with Gasteiger partial charge < -0.3 is 10.1 Å². The number of methoxy groups -OCH3 is 1. The second-order valence-corrected chi connectivity index (χ2v) is 4.82. The normalized spacial score (nSPS) is 12.2. The van der Waals surface area contributed by atoms with Crippen molar-refractivity contribution in [3.05, 3.63) is 17.3 Å². The summed E-state index contributed by atoms with van der Waals surface area (Å²) in [7, 11) is 1.27. The van der Waals surface area contributed by atoms with Gasteiger partial charge in [0.15, 0.2) is 4.96 Å². The maximum absolute atomic E-state index is 11.8. The molecule has 0 aliphatic carbocycles. The predicted molar refractivity (Wildman–Crippen MR) is 71.4 cm³/mol. The summed E-state index contributed by atoms with van der Waals surface area (Å²) in [6, 6.07) is -1.19. The molecule has 2 rings (SSSR count). The number of rotatable bonds is 3. The molecule has 0 saturated heterocycles. The molecule has 0 bridgehead atoms. The molecule has 2 heterocycles. The van der Waals surface area contributed by atoms with Gasteiger partial charge in [0.05, 0.1) is 12.8 Å². The molecular formula is C11H14N4O3S. The van der Waals surface area contributed by atoms with Gasteiger partial charge >= 0.3 is 12.0 Å². The molecule has 0 fully saturated rings. The Kier molecular flexibility index (Phi) is 3.70. The van der Waals surface area contributed by atoms with Crippen molar-refractivity contribution in [2.75, 3.05) is 12.4 Å². The van der Waals surface area contributed by atoms with Crippen LogP contribution in [0.25, 0.3) is 4.96 Å². The van der Waals surface area contributed by atoms with Crippen LogP contribution in [0.5, 0.6) is 0 Å². The summed E-state index contributed by atoms with van der Waals surface area (Å²) in [6.45, 7) is 3.36. The maximum Gasteiger partial charge on any atom is 0.328 e. The quantitative estimate of drug-likeness (QED) is 0.833. The molecule has 0 radical (unpaired) electrons. The van der Waals surface area contributed by atoms with Gasteiger partial charge in [-0.2, -0.15) is 0 Å². The first-order valence-corrected chi connectivity index (χ1v) is 6.48. The number of hydrogen-bond donors (Lipinski definition) is 2. The number of carbonyl (C=O) groups excluding carboxylic acids is 2. The lowest BCUT2D eigenvalue weighted by atomic mass is 10.3. The highest BCUT2D eigenvalue weighted by Crippen LogP contribution is 2.20. The number of nitrogens with one attached hydrogen (secondary N) is 2. The highest BCUT2D eigenvalue weighted by Gasteiger charge is 2.18. The largest absolute Gasteiger partial charge is 0.467 e. The molecular weight excluding hydrogens is 268 g/mol. The molecule has 2 aromatic heterocycles. The monoisotopic (exact) mass is 282 g/mol. The fourth-order valence-corrected chi connectivity index (χ4v) is 2.38. The van der Waals surface area contributed by atoms with E-state index in [1.807, 2.05) is 11.6 Å². The Bertz CT molecular complexity index is 619. The molecule has 19 heavy (non-hydrogen) atoms. The Morgan fingerprint density at radius 1 is 1.53 bits per heavy atom. The third-order valence-electron chi connectivity index (χ3n) is 2.57. The number of esters is 1. The molecule has 0 spiro atoms. The van der Waals surface area contributed by atoms with Crippen LogP contribution in [-0.2, 0) is 9.53 Å². The zero-order valence-electron chi connectivity index (χ0n) is 10.8. The van der Waals surface area contributed by atoms with Crippen LogP contribution in [-0.4, -0.2) is 34.5 Å². The van der Waals surface area contributed by atoms with E-state index >= 15 is 0 Å². The average Bonchev–Trinajstić information content (AvgIpc) is 2.91. The smallest absolute Gasteiger partial charge is 0.328 e. The van der Waals surface area contributed by atoms with Crippen LogP contribution in [0.15, 0.2) is 11.6 Å². The molecule has 2 N–H and O–H groups in total. The third-order valence-corrected chi connectivity index (χ3v) is 3.33. The number of hydrogen-bond acceptors (Lipinski definition) is 5. The van der Waals surface area contributed by atoms with E-state index in [1.165, 1.54) is 18.4 Å². The van der Waals surface area contributed by atoms with Crippen molar-refractivity contribution in [3.8, 4) is 0 Å². The molecule has 102 valence electrons. The number of aryl methyl sites for hydroxylation is 1. The first-order valence-electron chi connectivity index (χ1n) is 5.60. The van der Waals surface area contributed by atoms with Crippen molar-refractivity contribution in [1.82, 2.24) is 14.7 Å². The van der Waals surface area contributed by atoms with Gasteiger partial charge in [-0.1, -0.05) is 0 Å². The van der Waals surface area contributed by atoms with Crippen molar-refractivity contribution < 1.29 is 14.3 Å². The van der Waals surface area contributed by atoms with E-state index in [2.05, 4.69) is 20.4 Å². The molecule has 0 saturated carbocycles. The number of imidazole rings is 1. The molecule has 7 nitrogen and oxygen atoms in total. The second kappa shape index (κ2) is 5.27. The zero-order chi connectivity index (χ0) is 14.0. The van der Waals surface area contributed by atoms with Crippen LogP contribution < -0.4 is 10.6 Å². The minimum Gasteiger partial charge on any atom is -0.467 e. The Morgan fingerprint density at radius 3 is 2.95 bits per heavy atom. The van der Waals surface area contributed by atoms with E-state index in [0.29, 0.717) is 11.5 Å². The molecule has 0 unspecified atom stereocenters. The number of anilines is 1. The van der Waals surface area contributed by atoms with Gasteiger partial charge in [0, 0.05) is 11.6 Å². The summed E-state index contributed by atoms with van der Waals surface area (Å²) >= 11 is 1.48. The number of carbonyl (C=O) groups is 2. The van der Waals surface area contributed by atoms with E-state index < -0.39 is 18.0 Å². The Morgan fingerprint density at radius 2 is 2.26 bits per heavy atom. The summed E-state index contributed by atoms with van der Waals surface area (Å²) in [5.74, 6) is 0.0895. The Balaban J connectivity index is 2.08. The number of aromatic nitrogens is 2. The molecule has 8 heteroatoms. The van der Waals surface area contributed by atoms with E-state index in [0.717, 1.165) is 4.96 Å². The molecule has 2 amide bonds. The standard InChI is InChI=1S/C11H14N4O3S/c1-6-8(15-4-5-19-11(15)13-6)14-10(17)12-7(2)9(16)18-3/h4-5,7H,1-3H3,(H2,12,14,17)/t7-/m0/s1. The van der Waals surface area contributed by atoms with Crippen LogP contribution in [0.2, 0.25) is 0 Å². The van der Waals surface area contributed by atoms with Crippen LogP contribution >= 0.6 is 11.3 Å². The number of fused-ring (bicyclic) bond motifs is 1. The number of thiazole rings is 1. The number of urea groups is 1. The lowest BCUT2D eigenvalue weighted by molar-refractivity contribution is -0.142. The van der Waals surface area contributed by atoms with Crippen molar-refractivity contribution in [3.63, 3.8) is 0 Å². The molecule has 0 aromatic carbocycles. The number of nitrogens with zero attached hydrogens (tertiary/aromatic N) is 2. The Hall–Kier alpha value is -2.09. The van der Waals surface area contributed by atoms with Crippen LogP contribution in [0.3, 0.4) is 0 Å². The van der Waals surface area contributed by atoms with E-state index in [-0.39, 0.29) is 0 Å². The highest BCUT2D eigenvalue weighted by atomic mass is 32.1. The maximum atomic E-state index is 11.8. The average molecular weight is 282 g/mol. The summed E-state index contributed by atoms with van der Waals surface area (Å²) < 4.78 is 6.31. The lowest BCUT2D eigenvalue weighted by Gasteiger charge is -2.12. The van der Waals surface area contributed by atoms with Crippen molar-refractivity contribution >= 4 is 34.1 Å². The summed E-state index contributed by atoms with van der Waals surface area (Å²) in [5.41, 5.74) is 0.715. The van der Waals surface area contributed by atoms with Gasteiger partial charge in [0.25, 0.3) is 0 Å². The predicted octanol–water partition coefficient (Wildman–Crippen LogP) is 1.39. The van der Waals surface area contributed by atoms with E-state index in [1.54, 1.807) is 18.2 Å². The van der Waals surface area contributed by atoms with Crippen LogP contribution in [0.1, 0.15) is 12.6 Å². The molecule has 1 atom stereocenters. The highest BCUT2D eigenvalue weighted by molar-refractivity contribution is 7.15. The minimum absolute atomic E-state index is 0.478. The topological polar surface area (TPSA) is 84.7 Å². The summed E-state index contributed by atoms with van der Waals surface area (Å²) in [4.78, 5) is 28.1. The first-order chi connectivity index (χ1) is 9.02. The second-order valence-electron chi connectivity index (χ2n) is 3.94. The van der Waals surface area contributed by atoms with Gasteiger partial charge in [-0.05, 0) is 13.8 Å². The van der Waals surface area contributed by atoms with Gasteiger partial charge in [0.1, 0.15) is 11.9 Å². The van der Waals surface area contributed by atoms with Gasteiger partial charge in [-0.3, -0.25) is 9.72 Å². The van der Waals surface area contributed by atoms with Crippen molar-refractivity contribution in [1.29, 1.82) is 0 Å². The van der Waals surface area contributed by atoms with Crippen molar-refractivity contribution in [2.24, 2.45) is 0 Å². The molecule has 2 aromatic rings. The van der Waals surface area contributed by atoms with Gasteiger partial charge in [0.2, 0.25) is 0 Å². The van der Waals surface area contributed by atoms with Crippen LogP contribution in [0, 0.1) is 6.92 Å². The summed E-state index contributed by atoms with van der Waals surface area (Å²) in [6.07, 6.45) is 1.82. The summed E-state index contributed by atoms with van der Waals surface area (Å²) in [5, 5.41) is 7.05. The van der Waals surface area contributed by atoms with Gasteiger partial charge in [-0.25, -0.2) is 14.6 Å². The fraction of sp³-hybridized carbons (Fsp3) is 0.364. The van der Waals surface area contributed by atoms with E-state index in [9.17, 15) is 9.59 Å². The number of amides is 2. The SMILES string of the molecule is COC(=O)[C@H](C)NC(=O)Nc1c(C)nc2sccn12. The minimum atomic E-state index is -0.712. The fourth-order valence-electron chi connectivity index (χ4n) is 1.62. The first kappa shape index (κ1) is 13.3. The molecule has 0 aliphatic heterocycles. The van der Waals surface area contributed by atoms with Gasteiger partial charge in [-0.15, -0.1) is 11.3 Å².